The zero-order valence-electron chi connectivity index (χ0n) is 13.5. The molecular weight excluding hydrogens is 320 g/mol. The van der Waals surface area contributed by atoms with Crippen molar-refractivity contribution in [1.29, 1.82) is 0 Å². The molecule has 0 unspecified atom stereocenters. The van der Waals surface area contributed by atoms with Crippen LogP contribution in [0.15, 0.2) is 18.3 Å². The van der Waals surface area contributed by atoms with E-state index in [-0.39, 0.29) is 6.10 Å². The van der Waals surface area contributed by atoms with Crippen molar-refractivity contribution < 1.29 is 17.9 Å². The molecule has 2 heterocycles. The van der Waals surface area contributed by atoms with Gasteiger partial charge in [0.05, 0.1) is 6.54 Å². The molecule has 2 rings (SSSR count). The van der Waals surface area contributed by atoms with Gasteiger partial charge < -0.3 is 14.5 Å². The zero-order chi connectivity index (χ0) is 17.0. The number of amides is 1. The van der Waals surface area contributed by atoms with Crippen LogP contribution >= 0.6 is 0 Å². The Morgan fingerprint density at radius 2 is 2.26 bits per heavy atom. The van der Waals surface area contributed by atoms with Crippen molar-refractivity contribution >= 4 is 21.7 Å². The van der Waals surface area contributed by atoms with Gasteiger partial charge in [-0.15, -0.1) is 0 Å². The van der Waals surface area contributed by atoms with E-state index in [9.17, 15) is 13.2 Å². The minimum absolute atomic E-state index is 0.167. The van der Waals surface area contributed by atoms with E-state index in [2.05, 4.69) is 9.71 Å². The fourth-order valence-corrected chi connectivity index (χ4v) is 3.02. The Morgan fingerprint density at radius 3 is 2.91 bits per heavy atom. The summed E-state index contributed by atoms with van der Waals surface area (Å²) in [6.07, 6.45) is 2.18. The van der Waals surface area contributed by atoms with Crippen LogP contribution in [0.2, 0.25) is 0 Å². The Kier molecular flexibility index (Phi) is 5.42. The molecule has 9 heteroatoms. The fourth-order valence-electron chi connectivity index (χ4n) is 2.37. The highest BCUT2D eigenvalue weighted by molar-refractivity contribution is 7.90. The lowest BCUT2D eigenvalue weighted by Gasteiger charge is -2.20. The number of nitrogens with one attached hydrogen (secondary N) is 1. The summed E-state index contributed by atoms with van der Waals surface area (Å²) in [5.41, 5.74) is 0. The summed E-state index contributed by atoms with van der Waals surface area (Å²) in [4.78, 5) is 19.7. The van der Waals surface area contributed by atoms with Gasteiger partial charge in [-0.25, -0.2) is 18.1 Å². The van der Waals surface area contributed by atoms with Crippen LogP contribution in [0.3, 0.4) is 0 Å². The van der Waals surface area contributed by atoms with Crippen molar-refractivity contribution in [2.24, 2.45) is 0 Å². The van der Waals surface area contributed by atoms with E-state index in [1.54, 1.807) is 12.3 Å². The summed E-state index contributed by atoms with van der Waals surface area (Å²) in [5, 5.41) is 0. The monoisotopic (exact) mass is 342 g/mol. The average molecular weight is 342 g/mol. The smallest absolute Gasteiger partial charge is 0.239 e. The summed E-state index contributed by atoms with van der Waals surface area (Å²) in [5.74, 6) is 0.422. The van der Waals surface area contributed by atoms with Crippen molar-refractivity contribution in [3.63, 3.8) is 0 Å². The van der Waals surface area contributed by atoms with Gasteiger partial charge in [-0.2, -0.15) is 0 Å². The number of carbonyl (C=O) groups is 1. The number of hydrogen-bond acceptors (Lipinski definition) is 6. The molecule has 23 heavy (non-hydrogen) atoms. The van der Waals surface area contributed by atoms with E-state index in [4.69, 9.17) is 4.74 Å². The van der Waals surface area contributed by atoms with Crippen molar-refractivity contribution in [3.05, 3.63) is 18.3 Å². The van der Waals surface area contributed by atoms with Crippen LogP contribution in [-0.2, 0) is 14.8 Å². The predicted octanol–water partition coefficient (Wildman–Crippen LogP) is -0.323. The number of anilines is 1. The van der Waals surface area contributed by atoms with Crippen molar-refractivity contribution in [2.75, 3.05) is 44.9 Å². The largest absolute Gasteiger partial charge is 0.485 e. The molecule has 0 aromatic carbocycles. The molecule has 1 aromatic heterocycles. The van der Waals surface area contributed by atoms with Gasteiger partial charge in [0.2, 0.25) is 15.9 Å². The van der Waals surface area contributed by atoms with E-state index in [0.717, 1.165) is 5.82 Å². The Bertz CT molecular complexity index is 662. The first-order valence-electron chi connectivity index (χ1n) is 7.30. The van der Waals surface area contributed by atoms with E-state index >= 15 is 0 Å². The standard InChI is InChI=1S/C14H22N4O4S/c1-15-23(20,21)10-13(19)18-8-6-11(9-18)22-12-5-4-7-16-14(12)17(2)3/h4-5,7,11,15H,6,8-10H2,1-3H3/t11-/m0/s1. The number of aromatic nitrogens is 1. The van der Waals surface area contributed by atoms with Gasteiger partial charge >= 0.3 is 0 Å². The van der Waals surface area contributed by atoms with Crippen LogP contribution in [0.4, 0.5) is 5.82 Å². The number of sulfonamides is 1. The lowest BCUT2D eigenvalue weighted by atomic mass is 10.3. The molecule has 0 aliphatic carbocycles. The Balaban J connectivity index is 1.97. The number of hydrogen-bond donors (Lipinski definition) is 1. The molecule has 1 N–H and O–H groups in total. The molecule has 1 aliphatic heterocycles. The van der Waals surface area contributed by atoms with Crippen LogP contribution < -0.4 is 14.4 Å². The molecular formula is C14H22N4O4S. The van der Waals surface area contributed by atoms with Crippen LogP contribution in [-0.4, -0.2) is 70.3 Å². The Morgan fingerprint density at radius 1 is 1.52 bits per heavy atom. The minimum Gasteiger partial charge on any atom is -0.485 e. The summed E-state index contributed by atoms with van der Waals surface area (Å²) < 4.78 is 31.0. The quantitative estimate of drug-likeness (QED) is 0.762. The second-order valence-corrected chi connectivity index (χ2v) is 7.48. The first-order chi connectivity index (χ1) is 10.8. The first kappa shape index (κ1) is 17.5. The maximum atomic E-state index is 12.0. The van der Waals surface area contributed by atoms with Crippen LogP contribution in [0.25, 0.3) is 0 Å². The fraction of sp³-hybridized carbons (Fsp3) is 0.571. The van der Waals surface area contributed by atoms with Crippen LogP contribution in [0.1, 0.15) is 6.42 Å². The lowest BCUT2D eigenvalue weighted by Crippen LogP contribution is -2.38. The van der Waals surface area contributed by atoms with Crippen molar-refractivity contribution in [2.45, 2.75) is 12.5 Å². The number of ether oxygens (including phenoxy) is 1. The third-order valence-corrected chi connectivity index (χ3v) is 4.84. The molecule has 1 amide bonds. The highest BCUT2D eigenvalue weighted by Gasteiger charge is 2.30. The molecule has 128 valence electrons. The molecule has 1 aliphatic rings. The maximum Gasteiger partial charge on any atom is 0.239 e. The van der Waals surface area contributed by atoms with Gasteiger partial charge in [0.1, 0.15) is 11.9 Å². The normalized spacial score (nSPS) is 18.0. The maximum absolute atomic E-state index is 12.0. The molecule has 0 radical (unpaired) electrons. The van der Waals surface area contributed by atoms with E-state index in [0.29, 0.717) is 25.3 Å². The summed E-state index contributed by atoms with van der Waals surface area (Å²) in [6.45, 7) is 0.861. The zero-order valence-corrected chi connectivity index (χ0v) is 14.3. The molecule has 1 fully saturated rings. The SMILES string of the molecule is CNS(=O)(=O)CC(=O)N1CC[C@H](Oc2cccnc2N(C)C)C1. The second-order valence-electron chi connectivity index (χ2n) is 5.55. The predicted molar refractivity (Wildman–Crippen MR) is 87.0 cm³/mol. The molecule has 8 nitrogen and oxygen atoms in total. The van der Waals surface area contributed by atoms with Crippen LogP contribution in [0.5, 0.6) is 5.75 Å². The highest BCUT2D eigenvalue weighted by atomic mass is 32.2. The van der Waals surface area contributed by atoms with E-state index < -0.39 is 21.7 Å². The number of nitrogens with zero attached hydrogens (tertiary/aromatic N) is 3. The number of rotatable bonds is 6. The molecule has 1 saturated heterocycles. The molecule has 0 spiro atoms. The van der Waals surface area contributed by atoms with Gasteiger partial charge in [-0.1, -0.05) is 0 Å². The van der Waals surface area contributed by atoms with Gasteiger partial charge in [0.15, 0.2) is 11.6 Å². The third-order valence-electron chi connectivity index (χ3n) is 3.59. The third kappa shape index (κ3) is 4.55. The summed E-state index contributed by atoms with van der Waals surface area (Å²) >= 11 is 0. The van der Waals surface area contributed by atoms with Gasteiger partial charge in [-0.3, -0.25) is 4.79 Å². The Hall–Kier alpha value is -1.87. The van der Waals surface area contributed by atoms with Crippen molar-refractivity contribution in [3.8, 4) is 5.75 Å². The van der Waals surface area contributed by atoms with E-state index in [1.165, 1.54) is 11.9 Å². The van der Waals surface area contributed by atoms with E-state index in [1.807, 2.05) is 25.1 Å². The van der Waals surface area contributed by atoms with Crippen LogP contribution in [0, 0.1) is 0 Å². The summed E-state index contributed by atoms with van der Waals surface area (Å²) in [6, 6.07) is 3.62. The number of likely N-dealkylation sites (tertiary alicyclic amines) is 1. The highest BCUT2D eigenvalue weighted by Crippen LogP contribution is 2.26. The summed E-state index contributed by atoms with van der Waals surface area (Å²) in [7, 11) is 1.50. The first-order valence-corrected chi connectivity index (χ1v) is 8.95. The topological polar surface area (TPSA) is 91.8 Å². The Labute approximate surface area is 136 Å². The van der Waals surface area contributed by atoms with Gasteiger partial charge in [0, 0.05) is 33.3 Å². The molecule has 1 aromatic rings. The van der Waals surface area contributed by atoms with Gasteiger partial charge in [-0.05, 0) is 19.2 Å². The number of carbonyl (C=O) groups excluding carboxylic acids is 1. The lowest BCUT2D eigenvalue weighted by molar-refractivity contribution is -0.127. The van der Waals surface area contributed by atoms with Crippen molar-refractivity contribution in [1.82, 2.24) is 14.6 Å². The molecule has 0 saturated carbocycles. The number of pyridine rings is 1. The average Bonchev–Trinajstić information content (AvgIpc) is 2.96. The second kappa shape index (κ2) is 7.14. The molecule has 0 bridgehead atoms. The van der Waals surface area contributed by atoms with Gasteiger partial charge in [0.25, 0.3) is 0 Å². The minimum atomic E-state index is -3.55. The molecule has 1 atom stereocenters.